The molecule has 31 heavy (non-hydrogen) atoms. The summed E-state index contributed by atoms with van der Waals surface area (Å²) < 4.78 is 11.2. The first kappa shape index (κ1) is 21.0. The maximum absolute atomic E-state index is 13.4. The quantitative estimate of drug-likeness (QED) is 0.595. The van der Waals surface area contributed by atoms with E-state index >= 15 is 0 Å². The molecule has 162 valence electrons. The van der Waals surface area contributed by atoms with Crippen LogP contribution >= 0.6 is 0 Å². The van der Waals surface area contributed by atoms with Crippen LogP contribution in [0.1, 0.15) is 61.8 Å². The van der Waals surface area contributed by atoms with Gasteiger partial charge in [0.25, 0.3) is 5.91 Å². The third-order valence-corrected chi connectivity index (χ3v) is 5.50. The first-order valence-corrected chi connectivity index (χ1v) is 10.6. The summed E-state index contributed by atoms with van der Waals surface area (Å²) in [6.45, 7) is 8.91. The van der Waals surface area contributed by atoms with Gasteiger partial charge < -0.3 is 14.4 Å². The van der Waals surface area contributed by atoms with Crippen molar-refractivity contribution in [3.8, 4) is 22.8 Å². The highest BCUT2D eigenvalue weighted by atomic mass is 16.5. The first-order valence-electron chi connectivity index (χ1n) is 10.6. The molecule has 1 unspecified atom stereocenters. The number of nitrogens with one attached hydrogen (secondary N) is 1. The zero-order valence-corrected chi connectivity index (χ0v) is 18.7. The molecule has 0 radical (unpaired) electrons. The van der Waals surface area contributed by atoms with Gasteiger partial charge in [0.05, 0.1) is 25.5 Å². The van der Waals surface area contributed by atoms with Gasteiger partial charge in [-0.3, -0.25) is 9.89 Å². The van der Waals surface area contributed by atoms with Gasteiger partial charge in [-0.15, -0.1) is 0 Å². The number of carbonyl (C=O) groups is 1. The number of amides is 1. The van der Waals surface area contributed by atoms with Gasteiger partial charge in [0, 0.05) is 16.7 Å². The van der Waals surface area contributed by atoms with Crippen molar-refractivity contribution < 1.29 is 14.3 Å². The number of ether oxygens (including phenoxy) is 2. The topological polar surface area (TPSA) is 67.5 Å². The lowest BCUT2D eigenvalue weighted by molar-refractivity contribution is 0.0545. The largest absolute Gasteiger partial charge is 0.497 e. The van der Waals surface area contributed by atoms with Crippen LogP contribution in [0.25, 0.3) is 11.3 Å². The van der Waals surface area contributed by atoms with Gasteiger partial charge in [0.2, 0.25) is 0 Å². The SMILES string of the molecule is CCCOc1cccc(C2c3c(-c4ccc(OC)cc4)n[nH]c3C(=O)N2C(C)(C)C)c1. The molecule has 0 spiro atoms. The molecule has 3 aromatic rings. The average Bonchev–Trinajstić information content (AvgIpc) is 3.31. The lowest BCUT2D eigenvalue weighted by Gasteiger charge is -2.37. The molecule has 1 aliphatic rings. The zero-order valence-electron chi connectivity index (χ0n) is 18.7. The Labute approximate surface area is 183 Å². The molecule has 0 saturated heterocycles. The number of hydrogen-bond acceptors (Lipinski definition) is 4. The minimum atomic E-state index is -0.376. The van der Waals surface area contributed by atoms with Crippen molar-refractivity contribution in [2.24, 2.45) is 0 Å². The minimum absolute atomic E-state index is 0.0420. The Hall–Kier alpha value is -3.28. The van der Waals surface area contributed by atoms with Gasteiger partial charge in [0.15, 0.2) is 0 Å². The molecule has 2 aromatic carbocycles. The molecular weight excluding hydrogens is 390 g/mol. The highest BCUT2D eigenvalue weighted by Crippen LogP contribution is 2.46. The second kappa shape index (κ2) is 8.10. The van der Waals surface area contributed by atoms with E-state index in [0.717, 1.165) is 40.3 Å². The minimum Gasteiger partial charge on any atom is -0.497 e. The maximum Gasteiger partial charge on any atom is 0.273 e. The summed E-state index contributed by atoms with van der Waals surface area (Å²) in [5.41, 5.74) is 3.79. The molecule has 1 aromatic heterocycles. The van der Waals surface area contributed by atoms with Gasteiger partial charge in [-0.05, 0) is 69.2 Å². The van der Waals surface area contributed by atoms with Crippen molar-refractivity contribution in [3.05, 3.63) is 65.4 Å². The molecule has 6 heteroatoms. The molecule has 0 fully saturated rings. The fraction of sp³-hybridized carbons (Fsp3) is 0.360. The van der Waals surface area contributed by atoms with Gasteiger partial charge in [0.1, 0.15) is 17.2 Å². The van der Waals surface area contributed by atoms with E-state index in [2.05, 4.69) is 44.0 Å². The molecule has 1 amide bonds. The Kier molecular flexibility index (Phi) is 5.48. The predicted molar refractivity (Wildman–Crippen MR) is 121 cm³/mol. The summed E-state index contributed by atoms with van der Waals surface area (Å²) in [6, 6.07) is 15.5. The molecule has 0 aliphatic carbocycles. The van der Waals surface area contributed by atoms with Crippen LogP contribution in [-0.2, 0) is 0 Å². The van der Waals surface area contributed by atoms with Crippen molar-refractivity contribution in [1.29, 1.82) is 0 Å². The monoisotopic (exact) mass is 419 g/mol. The van der Waals surface area contributed by atoms with E-state index in [1.165, 1.54) is 0 Å². The number of carbonyl (C=O) groups excluding carboxylic acids is 1. The zero-order chi connectivity index (χ0) is 22.2. The highest BCUT2D eigenvalue weighted by Gasteiger charge is 2.46. The van der Waals surface area contributed by atoms with Gasteiger partial charge in [-0.2, -0.15) is 5.10 Å². The Bertz CT molecular complexity index is 1080. The van der Waals surface area contributed by atoms with Crippen LogP contribution in [0.2, 0.25) is 0 Å². The second-order valence-electron chi connectivity index (χ2n) is 8.76. The normalized spacial score (nSPS) is 15.8. The number of H-pyrrole nitrogens is 1. The number of methoxy groups -OCH3 is 1. The average molecular weight is 420 g/mol. The maximum atomic E-state index is 13.4. The summed E-state index contributed by atoms with van der Waals surface area (Å²) in [7, 11) is 1.64. The number of benzene rings is 2. The van der Waals surface area contributed by atoms with Crippen LogP contribution < -0.4 is 9.47 Å². The van der Waals surface area contributed by atoms with Crippen LogP contribution in [0.4, 0.5) is 0 Å². The van der Waals surface area contributed by atoms with Crippen LogP contribution in [0.15, 0.2) is 48.5 Å². The molecule has 4 rings (SSSR count). The Morgan fingerprint density at radius 3 is 2.48 bits per heavy atom. The summed E-state index contributed by atoms with van der Waals surface area (Å²) in [5, 5.41) is 7.54. The third-order valence-electron chi connectivity index (χ3n) is 5.50. The van der Waals surface area contributed by atoms with E-state index in [0.29, 0.717) is 12.3 Å². The molecule has 1 aliphatic heterocycles. The van der Waals surface area contributed by atoms with Gasteiger partial charge >= 0.3 is 0 Å². The number of aromatic amines is 1. The summed E-state index contributed by atoms with van der Waals surface area (Å²) >= 11 is 0. The number of hydrogen-bond donors (Lipinski definition) is 1. The van der Waals surface area contributed by atoms with Crippen LogP contribution in [0.5, 0.6) is 11.5 Å². The molecule has 1 atom stereocenters. The molecule has 0 saturated carbocycles. The highest BCUT2D eigenvalue weighted by molar-refractivity contribution is 6.00. The van der Waals surface area contributed by atoms with Crippen LogP contribution in [-0.4, -0.2) is 40.3 Å². The molecule has 6 nitrogen and oxygen atoms in total. The van der Waals surface area contributed by atoms with Gasteiger partial charge in [-0.1, -0.05) is 19.1 Å². The molecule has 2 heterocycles. The molecular formula is C25H29N3O3. The van der Waals surface area contributed by atoms with Crippen molar-refractivity contribution in [2.45, 2.75) is 45.7 Å². The summed E-state index contributed by atoms with van der Waals surface area (Å²) in [5.74, 6) is 1.55. The lowest BCUT2D eigenvalue weighted by Crippen LogP contribution is -2.44. The number of aromatic nitrogens is 2. The Balaban J connectivity index is 1.85. The van der Waals surface area contributed by atoms with E-state index in [9.17, 15) is 4.79 Å². The van der Waals surface area contributed by atoms with Crippen LogP contribution in [0, 0.1) is 0 Å². The van der Waals surface area contributed by atoms with Crippen LogP contribution in [0.3, 0.4) is 0 Å². The smallest absolute Gasteiger partial charge is 0.273 e. The number of rotatable bonds is 6. The number of fused-ring (bicyclic) bond motifs is 1. The standard InChI is InChI=1S/C25H29N3O3/c1-6-14-31-19-9-7-8-17(15-19)23-20-21(16-10-12-18(30-5)13-11-16)26-27-22(20)24(29)28(23)25(2,3)4/h7-13,15,23H,6,14H2,1-5H3,(H,26,27). The van der Waals surface area contributed by atoms with Crippen molar-refractivity contribution in [3.63, 3.8) is 0 Å². The number of nitrogens with zero attached hydrogens (tertiary/aromatic N) is 2. The van der Waals surface area contributed by atoms with E-state index in [1.807, 2.05) is 47.4 Å². The molecule has 0 bridgehead atoms. The van der Waals surface area contributed by atoms with Gasteiger partial charge in [-0.25, -0.2) is 0 Å². The fourth-order valence-electron chi connectivity index (χ4n) is 4.12. The van der Waals surface area contributed by atoms with Crippen molar-refractivity contribution in [2.75, 3.05) is 13.7 Å². The molecule has 1 N–H and O–H groups in total. The predicted octanol–water partition coefficient (Wildman–Crippen LogP) is 5.22. The summed E-state index contributed by atoms with van der Waals surface area (Å²) in [4.78, 5) is 15.4. The van der Waals surface area contributed by atoms with Crippen molar-refractivity contribution in [1.82, 2.24) is 15.1 Å². The second-order valence-corrected chi connectivity index (χ2v) is 8.76. The van der Waals surface area contributed by atoms with E-state index in [-0.39, 0.29) is 17.5 Å². The van der Waals surface area contributed by atoms with Crippen molar-refractivity contribution >= 4 is 5.91 Å². The Morgan fingerprint density at radius 2 is 1.84 bits per heavy atom. The van der Waals surface area contributed by atoms with E-state index in [4.69, 9.17) is 9.47 Å². The third kappa shape index (κ3) is 3.78. The lowest BCUT2D eigenvalue weighted by atomic mass is 9.93. The fourth-order valence-corrected chi connectivity index (χ4v) is 4.12. The van der Waals surface area contributed by atoms with E-state index in [1.54, 1.807) is 7.11 Å². The Morgan fingerprint density at radius 1 is 1.10 bits per heavy atom. The summed E-state index contributed by atoms with van der Waals surface area (Å²) in [6.07, 6.45) is 0.938. The van der Waals surface area contributed by atoms with E-state index < -0.39 is 0 Å². The first-order chi connectivity index (χ1) is 14.8.